The molecule has 1 saturated heterocycles. The number of benzene rings is 1. The third kappa shape index (κ3) is 3.44. The van der Waals surface area contributed by atoms with Gasteiger partial charge in [0, 0.05) is 24.6 Å². The Labute approximate surface area is 143 Å². The normalized spacial score (nSPS) is 15.2. The molecule has 0 radical (unpaired) electrons. The van der Waals surface area contributed by atoms with Gasteiger partial charge in [0.05, 0.1) is 18.4 Å². The summed E-state index contributed by atoms with van der Waals surface area (Å²) in [5.41, 5.74) is 4.08. The molecule has 0 bridgehead atoms. The number of rotatable bonds is 5. The van der Waals surface area contributed by atoms with Crippen molar-refractivity contribution in [2.24, 2.45) is 0 Å². The summed E-state index contributed by atoms with van der Waals surface area (Å²) in [7, 11) is 1.59. The lowest BCUT2D eigenvalue weighted by Crippen LogP contribution is -2.27. The minimum atomic E-state index is 0.573. The van der Waals surface area contributed by atoms with E-state index in [0.717, 1.165) is 37.3 Å². The third-order valence-electron chi connectivity index (χ3n) is 4.69. The van der Waals surface area contributed by atoms with Crippen LogP contribution in [0.1, 0.15) is 48.2 Å². The van der Waals surface area contributed by atoms with E-state index in [4.69, 9.17) is 9.84 Å². The van der Waals surface area contributed by atoms with Gasteiger partial charge in [0.2, 0.25) is 0 Å². The molecule has 5 nitrogen and oxygen atoms in total. The summed E-state index contributed by atoms with van der Waals surface area (Å²) >= 11 is 0. The number of nitrogens with one attached hydrogen (secondary N) is 1. The molecule has 0 amide bonds. The van der Waals surface area contributed by atoms with E-state index in [0.29, 0.717) is 17.2 Å². The lowest BCUT2D eigenvalue weighted by atomic mass is 9.94. The van der Waals surface area contributed by atoms with Crippen LogP contribution in [0.4, 0.5) is 0 Å². The van der Waals surface area contributed by atoms with Crippen molar-refractivity contribution in [3.8, 4) is 11.8 Å². The topological polar surface area (TPSA) is 62.9 Å². The van der Waals surface area contributed by atoms with Crippen molar-refractivity contribution in [1.82, 2.24) is 15.1 Å². The maximum atomic E-state index is 9.24. The summed E-state index contributed by atoms with van der Waals surface area (Å²) in [4.78, 5) is 0. The zero-order chi connectivity index (χ0) is 16.9. The number of hydrogen-bond acceptors (Lipinski definition) is 4. The SMILES string of the molecule is CCn1nc(Cc2ccc(OC)c(C#N)c2)cc1C1CCNCC1. The Morgan fingerprint density at radius 3 is 2.79 bits per heavy atom. The van der Waals surface area contributed by atoms with Gasteiger partial charge in [-0.05, 0) is 56.6 Å². The lowest BCUT2D eigenvalue weighted by molar-refractivity contribution is 0.413. The zero-order valence-electron chi connectivity index (χ0n) is 14.4. The van der Waals surface area contributed by atoms with Crippen molar-refractivity contribution in [3.63, 3.8) is 0 Å². The molecule has 1 aliphatic rings. The minimum Gasteiger partial charge on any atom is -0.495 e. The maximum Gasteiger partial charge on any atom is 0.136 e. The van der Waals surface area contributed by atoms with Crippen LogP contribution in [-0.4, -0.2) is 30.0 Å². The number of methoxy groups -OCH3 is 1. The van der Waals surface area contributed by atoms with Crippen molar-refractivity contribution in [2.45, 2.75) is 38.6 Å². The van der Waals surface area contributed by atoms with Crippen LogP contribution >= 0.6 is 0 Å². The van der Waals surface area contributed by atoms with E-state index in [1.165, 1.54) is 18.5 Å². The van der Waals surface area contributed by atoms with Gasteiger partial charge in [0.15, 0.2) is 0 Å². The number of nitrogens with zero attached hydrogens (tertiary/aromatic N) is 3. The van der Waals surface area contributed by atoms with E-state index in [1.807, 2.05) is 18.2 Å². The van der Waals surface area contributed by atoms with Gasteiger partial charge in [-0.15, -0.1) is 0 Å². The van der Waals surface area contributed by atoms with Crippen molar-refractivity contribution < 1.29 is 4.74 Å². The first-order valence-electron chi connectivity index (χ1n) is 8.59. The van der Waals surface area contributed by atoms with Crippen molar-refractivity contribution in [2.75, 3.05) is 20.2 Å². The number of piperidine rings is 1. The Morgan fingerprint density at radius 2 is 2.12 bits per heavy atom. The summed E-state index contributed by atoms with van der Waals surface area (Å²) in [6, 6.07) is 10.2. The quantitative estimate of drug-likeness (QED) is 0.918. The van der Waals surface area contributed by atoms with Crippen molar-refractivity contribution >= 4 is 0 Å². The van der Waals surface area contributed by atoms with E-state index >= 15 is 0 Å². The fraction of sp³-hybridized carbons (Fsp3) is 0.474. The first-order valence-corrected chi connectivity index (χ1v) is 8.59. The molecule has 5 heteroatoms. The smallest absolute Gasteiger partial charge is 0.136 e. The second kappa shape index (κ2) is 7.50. The molecular formula is C19H24N4O. The Bertz CT molecular complexity index is 738. The van der Waals surface area contributed by atoms with Gasteiger partial charge < -0.3 is 10.1 Å². The molecular weight excluding hydrogens is 300 g/mol. The zero-order valence-corrected chi connectivity index (χ0v) is 14.4. The van der Waals surface area contributed by atoms with Gasteiger partial charge in [-0.1, -0.05) is 6.07 Å². The van der Waals surface area contributed by atoms with Crippen LogP contribution in [-0.2, 0) is 13.0 Å². The predicted molar refractivity (Wildman–Crippen MR) is 93.3 cm³/mol. The summed E-state index contributed by atoms with van der Waals surface area (Å²) in [6.07, 6.45) is 3.09. The van der Waals surface area contributed by atoms with Crippen LogP contribution in [0.3, 0.4) is 0 Å². The molecule has 1 aromatic carbocycles. The van der Waals surface area contributed by atoms with Crippen LogP contribution in [0.25, 0.3) is 0 Å². The molecule has 1 fully saturated rings. The first kappa shape index (κ1) is 16.5. The Kier molecular flexibility index (Phi) is 5.17. The average Bonchev–Trinajstić information content (AvgIpc) is 3.05. The molecule has 0 atom stereocenters. The molecule has 126 valence electrons. The second-order valence-electron chi connectivity index (χ2n) is 6.22. The molecule has 2 aromatic rings. The van der Waals surface area contributed by atoms with Gasteiger partial charge in [-0.2, -0.15) is 10.4 Å². The standard InChI is InChI=1S/C19H24N4O/c1-3-23-18(15-6-8-21-9-7-15)12-17(22-23)11-14-4-5-19(24-2)16(10-14)13-20/h4-5,10,12,15,21H,3,6-9,11H2,1-2H3. The van der Waals surface area contributed by atoms with E-state index in [2.05, 4.69) is 29.1 Å². The van der Waals surface area contributed by atoms with E-state index < -0.39 is 0 Å². The molecule has 24 heavy (non-hydrogen) atoms. The molecule has 0 aliphatic carbocycles. The summed E-state index contributed by atoms with van der Waals surface area (Å²) in [6.45, 7) is 5.20. The van der Waals surface area contributed by atoms with Gasteiger partial charge in [0.1, 0.15) is 11.8 Å². The fourth-order valence-corrected chi connectivity index (χ4v) is 3.43. The second-order valence-corrected chi connectivity index (χ2v) is 6.22. The molecule has 3 rings (SSSR count). The molecule has 2 heterocycles. The largest absolute Gasteiger partial charge is 0.495 e. The number of aryl methyl sites for hydroxylation is 1. The number of hydrogen-bond donors (Lipinski definition) is 1. The highest BCUT2D eigenvalue weighted by atomic mass is 16.5. The predicted octanol–water partition coefficient (Wildman–Crippen LogP) is 2.84. The maximum absolute atomic E-state index is 9.24. The lowest BCUT2D eigenvalue weighted by Gasteiger charge is -2.23. The van der Waals surface area contributed by atoms with Crippen LogP contribution in [0.5, 0.6) is 5.75 Å². The van der Waals surface area contributed by atoms with E-state index in [-0.39, 0.29) is 0 Å². The molecule has 0 unspecified atom stereocenters. The summed E-state index contributed by atoms with van der Waals surface area (Å²) < 4.78 is 7.35. The average molecular weight is 324 g/mol. The Hall–Kier alpha value is -2.32. The third-order valence-corrected chi connectivity index (χ3v) is 4.69. The van der Waals surface area contributed by atoms with Gasteiger partial charge in [-0.3, -0.25) is 4.68 Å². The number of aromatic nitrogens is 2. The Morgan fingerprint density at radius 1 is 1.33 bits per heavy atom. The number of ether oxygens (including phenoxy) is 1. The highest BCUT2D eigenvalue weighted by Crippen LogP contribution is 2.27. The van der Waals surface area contributed by atoms with E-state index in [1.54, 1.807) is 7.11 Å². The van der Waals surface area contributed by atoms with Crippen molar-refractivity contribution in [3.05, 3.63) is 46.8 Å². The fourth-order valence-electron chi connectivity index (χ4n) is 3.43. The van der Waals surface area contributed by atoms with Crippen LogP contribution in [0.2, 0.25) is 0 Å². The van der Waals surface area contributed by atoms with Crippen LogP contribution in [0.15, 0.2) is 24.3 Å². The molecule has 1 aromatic heterocycles. The van der Waals surface area contributed by atoms with Gasteiger partial charge in [0.25, 0.3) is 0 Å². The molecule has 0 saturated carbocycles. The molecule has 1 aliphatic heterocycles. The Balaban J connectivity index is 1.83. The molecule has 1 N–H and O–H groups in total. The molecule has 0 spiro atoms. The van der Waals surface area contributed by atoms with Gasteiger partial charge >= 0.3 is 0 Å². The van der Waals surface area contributed by atoms with Gasteiger partial charge in [-0.25, -0.2) is 0 Å². The highest BCUT2D eigenvalue weighted by molar-refractivity contribution is 5.46. The first-order chi connectivity index (χ1) is 11.7. The number of nitriles is 1. The van der Waals surface area contributed by atoms with Crippen molar-refractivity contribution in [1.29, 1.82) is 5.26 Å². The monoisotopic (exact) mass is 324 g/mol. The van der Waals surface area contributed by atoms with Crippen LogP contribution in [0, 0.1) is 11.3 Å². The summed E-state index contributed by atoms with van der Waals surface area (Å²) in [5, 5.41) is 17.4. The summed E-state index contributed by atoms with van der Waals surface area (Å²) in [5.74, 6) is 1.22. The minimum absolute atomic E-state index is 0.573. The van der Waals surface area contributed by atoms with Crippen LogP contribution < -0.4 is 10.1 Å². The highest BCUT2D eigenvalue weighted by Gasteiger charge is 2.20. The van der Waals surface area contributed by atoms with E-state index in [9.17, 15) is 5.26 Å².